The minimum absolute atomic E-state index is 0.0174. The molecule has 136 valence electrons. The summed E-state index contributed by atoms with van der Waals surface area (Å²) < 4.78 is 5.86. The van der Waals surface area contributed by atoms with Gasteiger partial charge in [-0.15, -0.1) is 0 Å². The molecule has 4 atom stereocenters. The van der Waals surface area contributed by atoms with Gasteiger partial charge < -0.3 is 10.1 Å². The molecule has 2 aliphatic rings. The molecule has 2 aromatic carbocycles. The Labute approximate surface area is 155 Å². The predicted octanol–water partition coefficient (Wildman–Crippen LogP) is 4.68. The number of carbonyl (C=O) groups is 1. The summed E-state index contributed by atoms with van der Waals surface area (Å²) in [4.78, 5) is 12.6. The average molecular weight is 350 g/mol. The fourth-order valence-corrected chi connectivity index (χ4v) is 4.80. The van der Waals surface area contributed by atoms with E-state index in [9.17, 15) is 4.79 Å². The molecule has 2 saturated carbocycles. The zero-order chi connectivity index (χ0) is 17.9. The number of rotatable bonds is 4. The first-order chi connectivity index (χ1) is 12.8. The van der Waals surface area contributed by atoms with Crippen LogP contribution >= 0.6 is 0 Å². The van der Waals surface area contributed by atoms with Crippen molar-refractivity contribution in [2.24, 2.45) is 11.8 Å². The van der Waals surface area contributed by atoms with E-state index in [0.29, 0.717) is 17.9 Å². The predicted molar refractivity (Wildman–Crippen MR) is 104 cm³/mol. The molecule has 4 heteroatoms. The smallest absolute Gasteiger partial charge is 0.411 e. The topological polar surface area (TPSA) is 50.4 Å². The van der Waals surface area contributed by atoms with Crippen molar-refractivity contribution in [3.63, 3.8) is 0 Å². The maximum absolute atomic E-state index is 12.6. The van der Waals surface area contributed by atoms with Crippen LogP contribution in [0.25, 0.3) is 11.1 Å². The van der Waals surface area contributed by atoms with Gasteiger partial charge in [-0.25, -0.2) is 4.79 Å². The molecule has 1 amide bonds. The highest BCUT2D eigenvalue weighted by Gasteiger charge is 2.46. The van der Waals surface area contributed by atoms with Gasteiger partial charge in [0.2, 0.25) is 0 Å². The lowest BCUT2D eigenvalue weighted by atomic mass is 9.84. The molecule has 0 aliphatic heterocycles. The first kappa shape index (κ1) is 17.1. The molecular formula is C22H26N2O2. The summed E-state index contributed by atoms with van der Waals surface area (Å²) in [6.45, 7) is 0. The van der Waals surface area contributed by atoms with Gasteiger partial charge in [-0.05, 0) is 43.9 Å². The second kappa shape index (κ2) is 7.50. The van der Waals surface area contributed by atoms with E-state index in [1.165, 1.54) is 12.8 Å². The summed E-state index contributed by atoms with van der Waals surface area (Å²) in [7, 11) is 2.02. The van der Waals surface area contributed by atoms with Gasteiger partial charge in [0, 0.05) is 17.5 Å². The van der Waals surface area contributed by atoms with E-state index in [0.717, 1.165) is 29.7 Å². The molecule has 4 rings (SSSR count). The van der Waals surface area contributed by atoms with Gasteiger partial charge in [-0.1, -0.05) is 55.0 Å². The third-order valence-electron chi connectivity index (χ3n) is 5.93. The van der Waals surface area contributed by atoms with Gasteiger partial charge in [-0.2, -0.15) is 0 Å². The number of benzene rings is 2. The Morgan fingerprint density at radius 1 is 1.04 bits per heavy atom. The van der Waals surface area contributed by atoms with Crippen molar-refractivity contribution in [3.05, 3.63) is 54.6 Å². The lowest BCUT2D eigenvalue weighted by Gasteiger charge is -2.30. The minimum atomic E-state index is -0.346. The molecule has 4 nitrogen and oxygen atoms in total. The maximum Gasteiger partial charge on any atom is 0.411 e. The summed E-state index contributed by atoms with van der Waals surface area (Å²) in [6, 6.07) is 18.4. The lowest BCUT2D eigenvalue weighted by molar-refractivity contribution is 0.0797. The first-order valence-electron chi connectivity index (χ1n) is 9.55. The number of fused-ring (bicyclic) bond motifs is 2. The second-order valence-corrected chi connectivity index (χ2v) is 7.39. The number of para-hydroxylation sites is 1. The van der Waals surface area contributed by atoms with Gasteiger partial charge in [0.05, 0.1) is 5.69 Å². The molecule has 0 spiro atoms. The molecule has 2 fully saturated rings. The van der Waals surface area contributed by atoms with Crippen LogP contribution in [-0.2, 0) is 4.74 Å². The molecule has 2 aliphatic carbocycles. The number of carbonyl (C=O) groups excluding carboxylic acids is 1. The van der Waals surface area contributed by atoms with Crippen molar-refractivity contribution in [2.75, 3.05) is 12.4 Å². The SMILES string of the molecule is CNC1C2CCCC1C(OC(=O)Nc1ccccc1-c1ccccc1)C2. The Hall–Kier alpha value is -2.33. The zero-order valence-electron chi connectivity index (χ0n) is 15.2. The van der Waals surface area contributed by atoms with Crippen molar-refractivity contribution >= 4 is 11.8 Å². The van der Waals surface area contributed by atoms with E-state index in [1.54, 1.807) is 0 Å². The molecular weight excluding hydrogens is 324 g/mol. The van der Waals surface area contributed by atoms with Crippen LogP contribution in [0.15, 0.2) is 54.6 Å². The summed E-state index contributed by atoms with van der Waals surface area (Å²) in [5.41, 5.74) is 2.87. The van der Waals surface area contributed by atoms with Crippen molar-refractivity contribution in [1.29, 1.82) is 0 Å². The molecule has 4 unspecified atom stereocenters. The molecule has 0 heterocycles. The van der Waals surface area contributed by atoms with E-state index in [4.69, 9.17) is 4.74 Å². The summed E-state index contributed by atoms with van der Waals surface area (Å²) in [5, 5.41) is 6.40. The average Bonchev–Trinajstić information content (AvgIpc) is 2.86. The molecule has 0 radical (unpaired) electrons. The summed E-state index contributed by atoms with van der Waals surface area (Å²) in [6.07, 6.45) is 4.26. The highest BCUT2D eigenvalue weighted by atomic mass is 16.6. The molecule has 0 aromatic heterocycles. The number of hydrogen-bond donors (Lipinski definition) is 2. The number of anilines is 1. The van der Waals surface area contributed by atoms with Crippen LogP contribution in [-0.4, -0.2) is 25.3 Å². The highest BCUT2D eigenvalue weighted by Crippen LogP contribution is 2.43. The fraction of sp³-hybridized carbons (Fsp3) is 0.409. The minimum Gasteiger partial charge on any atom is -0.446 e. The van der Waals surface area contributed by atoms with Gasteiger partial charge in [0.15, 0.2) is 0 Å². The molecule has 2 N–H and O–H groups in total. The monoisotopic (exact) mass is 350 g/mol. The van der Waals surface area contributed by atoms with Gasteiger partial charge >= 0.3 is 6.09 Å². The number of amides is 1. The van der Waals surface area contributed by atoms with Crippen molar-refractivity contribution in [1.82, 2.24) is 5.32 Å². The quantitative estimate of drug-likeness (QED) is 0.842. The van der Waals surface area contributed by atoms with Crippen LogP contribution in [0.2, 0.25) is 0 Å². The maximum atomic E-state index is 12.6. The molecule has 26 heavy (non-hydrogen) atoms. The third-order valence-corrected chi connectivity index (χ3v) is 5.93. The largest absolute Gasteiger partial charge is 0.446 e. The van der Waals surface area contributed by atoms with E-state index in [2.05, 4.69) is 10.6 Å². The number of hydrogen-bond acceptors (Lipinski definition) is 3. The standard InChI is InChI=1S/C22H26N2O2/c1-23-21-16-10-7-12-18(21)20(14-16)26-22(25)24-19-13-6-5-11-17(19)15-8-3-2-4-9-15/h2-6,8-9,11,13,16,18,20-21,23H,7,10,12,14H2,1H3,(H,24,25). The van der Waals surface area contributed by atoms with Crippen molar-refractivity contribution in [3.8, 4) is 11.1 Å². The van der Waals surface area contributed by atoms with E-state index in [1.807, 2.05) is 61.6 Å². The first-order valence-corrected chi connectivity index (χ1v) is 9.55. The fourth-order valence-electron chi connectivity index (χ4n) is 4.80. The van der Waals surface area contributed by atoms with Crippen molar-refractivity contribution < 1.29 is 9.53 Å². The Kier molecular flexibility index (Phi) is 4.93. The van der Waals surface area contributed by atoms with Crippen LogP contribution in [0.5, 0.6) is 0 Å². The second-order valence-electron chi connectivity index (χ2n) is 7.39. The number of nitrogens with one attached hydrogen (secondary N) is 2. The molecule has 2 aromatic rings. The van der Waals surface area contributed by atoms with E-state index >= 15 is 0 Å². The third kappa shape index (κ3) is 3.34. The van der Waals surface area contributed by atoms with Crippen LogP contribution in [0, 0.1) is 11.8 Å². The summed E-state index contributed by atoms with van der Waals surface area (Å²) in [5.74, 6) is 1.07. The Bertz CT molecular complexity index is 762. The molecule has 0 saturated heterocycles. The number of ether oxygens (including phenoxy) is 1. The Balaban J connectivity index is 1.46. The molecule has 2 bridgehead atoms. The Morgan fingerprint density at radius 2 is 1.81 bits per heavy atom. The van der Waals surface area contributed by atoms with Crippen LogP contribution in [0.3, 0.4) is 0 Å². The van der Waals surface area contributed by atoms with Gasteiger partial charge in [0.1, 0.15) is 6.10 Å². The van der Waals surface area contributed by atoms with Crippen LogP contribution in [0.4, 0.5) is 10.5 Å². The van der Waals surface area contributed by atoms with E-state index in [-0.39, 0.29) is 12.2 Å². The van der Waals surface area contributed by atoms with Crippen LogP contribution < -0.4 is 10.6 Å². The van der Waals surface area contributed by atoms with Gasteiger partial charge in [0.25, 0.3) is 0 Å². The normalized spacial score (nSPS) is 27.1. The Morgan fingerprint density at radius 3 is 2.58 bits per heavy atom. The van der Waals surface area contributed by atoms with Crippen molar-refractivity contribution in [2.45, 2.75) is 37.8 Å². The lowest BCUT2D eigenvalue weighted by Crippen LogP contribution is -2.40. The van der Waals surface area contributed by atoms with Crippen LogP contribution in [0.1, 0.15) is 25.7 Å². The highest BCUT2D eigenvalue weighted by molar-refractivity contribution is 5.91. The summed E-state index contributed by atoms with van der Waals surface area (Å²) >= 11 is 0. The van der Waals surface area contributed by atoms with Gasteiger partial charge in [-0.3, -0.25) is 5.32 Å². The van der Waals surface area contributed by atoms with E-state index < -0.39 is 0 Å². The zero-order valence-corrected chi connectivity index (χ0v) is 15.2.